The average molecular weight is 213 g/mol. The van der Waals surface area contributed by atoms with Gasteiger partial charge in [0.2, 0.25) is 0 Å². The summed E-state index contributed by atoms with van der Waals surface area (Å²) in [6, 6.07) is 0. The quantitative estimate of drug-likeness (QED) is 0.668. The molecule has 0 aromatic carbocycles. The van der Waals surface area contributed by atoms with E-state index in [-0.39, 0.29) is 19.6 Å². The number of ether oxygens (including phenoxy) is 1. The van der Waals surface area contributed by atoms with Gasteiger partial charge in [0.25, 0.3) is 0 Å². The first-order chi connectivity index (χ1) is 6.40. The van der Waals surface area contributed by atoms with Gasteiger partial charge in [0.05, 0.1) is 18.8 Å². The SMILES string of the molecule is O=C(NC1(CO)CCOC1)C(F)(F)F. The standard InChI is InChI=1S/C7H10F3NO3/c8-7(9,10)5(13)11-6(3-12)1-2-14-4-6/h12H,1-4H2,(H,11,13). The van der Waals surface area contributed by atoms with Gasteiger partial charge >= 0.3 is 12.1 Å². The van der Waals surface area contributed by atoms with Crippen LogP contribution in [0.5, 0.6) is 0 Å². The van der Waals surface area contributed by atoms with E-state index in [9.17, 15) is 18.0 Å². The molecule has 1 aliphatic rings. The predicted molar refractivity (Wildman–Crippen MR) is 39.5 cm³/mol. The lowest BCUT2D eigenvalue weighted by Crippen LogP contribution is -2.55. The molecular formula is C7H10F3NO3. The minimum Gasteiger partial charge on any atom is -0.394 e. The number of alkyl halides is 3. The van der Waals surface area contributed by atoms with Crippen molar-refractivity contribution in [2.75, 3.05) is 19.8 Å². The third kappa shape index (κ3) is 2.36. The van der Waals surface area contributed by atoms with E-state index < -0.39 is 24.2 Å². The fourth-order valence-electron chi connectivity index (χ4n) is 1.18. The van der Waals surface area contributed by atoms with Crippen LogP contribution in [0.3, 0.4) is 0 Å². The van der Waals surface area contributed by atoms with E-state index in [0.29, 0.717) is 0 Å². The predicted octanol–water partition coefficient (Wildman–Crippen LogP) is -0.184. The summed E-state index contributed by atoms with van der Waals surface area (Å²) >= 11 is 0. The highest BCUT2D eigenvalue weighted by atomic mass is 19.4. The van der Waals surface area contributed by atoms with Crippen LogP contribution in [0.2, 0.25) is 0 Å². The van der Waals surface area contributed by atoms with Gasteiger partial charge in [-0.25, -0.2) is 0 Å². The van der Waals surface area contributed by atoms with E-state index in [2.05, 4.69) is 0 Å². The van der Waals surface area contributed by atoms with Crippen LogP contribution in [0.4, 0.5) is 13.2 Å². The van der Waals surface area contributed by atoms with E-state index in [0.717, 1.165) is 0 Å². The van der Waals surface area contributed by atoms with Gasteiger partial charge in [-0.3, -0.25) is 4.79 Å². The third-order valence-electron chi connectivity index (χ3n) is 2.04. The molecule has 0 bridgehead atoms. The molecule has 0 aromatic heterocycles. The Hall–Kier alpha value is -0.820. The number of aliphatic hydroxyl groups excluding tert-OH is 1. The lowest BCUT2D eigenvalue weighted by atomic mass is 10.0. The Labute approximate surface area is 78.0 Å². The van der Waals surface area contributed by atoms with Crippen LogP contribution in [-0.2, 0) is 9.53 Å². The van der Waals surface area contributed by atoms with Crippen molar-refractivity contribution in [3.8, 4) is 0 Å². The lowest BCUT2D eigenvalue weighted by molar-refractivity contribution is -0.176. The Balaban J connectivity index is 2.61. The van der Waals surface area contributed by atoms with Crippen molar-refractivity contribution < 1.29 is 27.8 Å². The zero-order valence-corrected chi connectivity index (χ0v) is 7.23. The van der Waals surface area contributed by atoms with Crippen molar-refractivity contribution in [1.29, 1.82) is 0 Å². The molecule has 1 amide bonds. The molecule has 0 radical (unpaired) electrons. The summed E-state index contributed by atoms with van der Waals surface area (Å²) in [6.07, 6.45) is -4.74. The highest BCUT2D eigenvalue weighted by Crippen LogP contribution is 2.21. The topological polar surface area (TPSA) is 58.6 Å². The maximum Gasteiger partial charge on any atom is 0.471 e. The number of carbonyl (C=O) groups excluding carboxylic acids is 1. The summed E-state index contributed by atoms with van der Waals surface area (Å²) in [5.41, 5.74) is -1.27. The van der Waals surface area contributed by atoms with Gasteiger partial charge in [-0.2, -0.15) is 13.2 Å². The molecule has 7 heteroatoms. The van der Waals surface area contributed by atoms with Crippen LogP contribution in [0.15, 0.2) is 0 Å². The molecule has 14 heavy (non-hydrogen) atoms. The molecule has 0 saturated carbocycles. The van der Waals surface area contributed by atoms with Crippen LogP contribution < -0.4 is 5.32 Å². The molecule has 0 spiro atoms. The molecule has 1 atom stereocenters. The van der Waals surface area contributed by atoms with Crippen LogP contribution >= 0.6 is 0 Å². The van der Waals surface area contributed by atoms with Crippen LogP contribution in [0.1, 0.15) is 6.42 Å². The van der Waals surface area contributed by atoms with Gasteiger partial charge in [-0.05, 0) is 6.42 Å². The van der Waals surface area contributed by atoms with Gasteiger partial charge in [0.15, 0.2) is 0 Å². The van der Waals surface area contributed by atoms with Gasteiger partial charge in [-0.1, -0.05) is 0 Å². The van der Waals surface area contributed by atoms with E-state index in [1.807, 2.05) is 0 Å². The molecule has 1 aliphatic heterocycles. The molecule has 0 aliphatic carbocycles. The van der Waals surface area contributed by atoms with Gasteiger partial charge in [0.1, 0.15) is 0 Å². The van der Waals surface area contributed by atoms with Crippen LogP contribution in [-0.4, -0.2) is 42.5 Å². The Kier molecular flexibility index (Phi) is 3.01. The van der Waals surface area contributed by atoms with Crippen LogP contribution in [0.25, 0.3) is 0 Å². The Morgan fingerprint density at radius 1 is 1.57 bits per heavy atom. The van der Waals surface area contributed by atoms with Crippen molar-refractivity contribution in [2.24, 2.45) is 0 Å². The van der Waals surface area contributed by atoms with E-state index in [1.54, 1.807) is 5.32 Å². The first-order valence-corrected chi connectivity index (χ1v) is 3.98. The molecule has 1 unspecified atom stereocenters. The van der Waals surface area contributed by atoms with Crippen molar-refractivity contribution >= 4 is 5.91 Å². The molecular weight excluding hydrogens is 203 g/mol. The maximum atomic E-state index is 11.9. The molecule has 0 aromatic rings. The minimum atomic E-state index is -4.93. The molecule has 1 heterocycles. The Bertz CT molecular complexity index is 223. The van der Waals surface area contributed by atoms with E-state index in [4.69, 9.17) is 9.84 Å². The number of hydrogen-bond donors (Lipinski definition) is 2. The second-order valence-electron chi connectivity index (χ2n) is 3.19. The summed E-state index contributed by atoms with van der Waals surface area (Å²) in [7, 11) is 0. The monoisotopic (exact) mass is 213 g/mol. The number of aliphatic hydroxyl groups is 1. The molecule has 2 N–H and O–H groups in total. The summed E-state index contributed by atoms with van der Waals surface area (Å²) in [5, 5.41) is 10.6. The average Bonchev–Trinajstić information content (AvgIpc) is 2.52. The van der Waals surface area contributed by atoms with Gasteiger partial charge in [-0.15, -0.1) is 0 Å². The number of nitrogens with one attached hydrogen (secondary N) is 1. The number of carbonyl (C=O) groups is 1. The van der Waals surface area contributed by atoms with Crippen LogP contribution in [0, 0.1) is 0 Å². The van der Waals surface area contributed by atoms with E-state index in [1.165, 1.54) is 0 Å². The molecule has 1 rings (SSSR count). The number of rotatable bonds is 2. The summed E-state index contributed by atoms with van der Waals surface area (Å²) in [5.74, 6) is -2.04. The van der Waals surface area contributed by atoms with E-state index >= 15 is 0 Å². The highest BCUT2D eigenvalue weighted by molar-refractivity contribution is 5.82. The lowest BCUT2D eigenvalue weighted by Gasteiger charge is -2.26. The Morgan fingerprint density at radius 2 is 2.21 bits per heavy atom. The molecule has 82 valence electrons. The van der Waals surface area contributed by atoms with Crippen molar-refractivity contribution in [2.45, 2.75) is 18.1 Å². The molecule has 4 nitrogen and oxygen atoms in total. The van der Waals surface area contributed by atoms with Crippen molar-refractivity contribution in [3.05, 3.63) is 0 Å². The minimum absolute atomic E-state index is 0.0919. The van der Waals surface area contributed by atoms with Crippen molar-refractivity contribution in [3.63, 3.8) is 0 Å². The Morgan fingerprint density at radius 3 is 2.57 bits per heavy atom. The largest absolute Gasteiger partial charge is 0.471 e. The normalized spacial score (nSPS) is 27.7. The second kappa shape index (κ2) is 3.74. The highest BCUT2D eigenvalue weighted by Gasteiger charge is 2.45. The first-order valence-electron chi connectivity index (χ1n) is 3.98. The number of halogens is 3. The summed E-state index contributed by atoms with van der Waals surface area (Å²) in [6.45, 7) is -0.418. The zero-order valence-electron chi connectivity index (χ0n) is 7.23. The zero-order chi connectivity index (χ0) is 10.8. The summed E-state index contributed by atoms with van der Waals surface area (Å²) < 4.78 is 40.4. The summed E-state index contributed by atoms with van der Waals surface area (Å²) in [4.78, 5) is 10.6. The smallest absolute Gasteiger partial charge is 0.394 e. The second-order valence-corrected chi connectivity index (χ2v) is 3.19. The van der Waals surface area contributed by atoms with Gasteiger partial charge < -0.3 is 15.2 Å². The number of hydrogen-bond acceptors (Lipinski definition) is 3. The number of amides is 1. The van der Waals surface area contributed by atoms with Crippen molar-refractivity contribution in [1.82, 2.24) is 5.32 Å². The van der Waals surface area contributed by atoms with Gasteiger partial charge in [0, 0.05) is 6.61 Å². The fourth-order valence-corrected chi connectivity index (χ4v) is 1.18. The fraction of sp³-hybridized carbons (Fsp3) is 0.857. The first kappa shape index (κ1) is 11.3. The third-order valence-corrected chi connectivity index (χ3v) is 2.04. The maximum absolute atomic E-state index is 11.9. The molecule has 1 fully saturated rings. The molecule has 1 saturated heterocycles.